The third kappa shape index (κ3) is 39.3. The number of nitrogens with one attached hydrogen (secondary N) is 5. The molecule has 672 valence electrons. The number of hydrogen-bond donors (Lipinski definition) is 5. The lowest BCUT2D eigenvalue weighted by molar-refractivity contribution is -0.114. The number of para-hydroxylation sites is 1. The van der Waals surface area contributed by atoms with Gasteiger partial charge in [-0.3, -0.25) is 24.0 Å². The van der Waals surface area contributed by atoms with Crippen LogP contribution in [0.3, 0.4) is 0 Å². The van der Waals surface area contributed by atoms with Crippen molar-refractivity contribution in [3.63, 3.8) is 0 Å². The minimum atomic E-state index is -0.564. The first kappa shape index (κ1) is 105. The molecule has 0 aliphatic heterocycles. The molecule has 0 aliphatic rings. The Labute approximate surface area is 779 Å². The predicted molar refractivity (Wildman–Crippen MR) is 518 cm³/mol. The summed E-state index contributed by atoms with van der Waals surface area (Å²) in [6.07, 6.45) is 5.09. The molecule has 5 N–H and O–H groups in total. The maximum atomic E-state index is 14.1. The smallest absolute Gasteiger partial charge is 0.179 e. The number of anilines is 5. The fourth-order valence-electron chi connectivity index (χ4n) is 11.1. The van der Waals surface area contributed by atoms with Gasteiger partial charge in [0.1, 0.15) is 69.1 Å². The molecule has 10 aromatic carbocycles. The molecule has 30 heteroatoms. The van der Waals surface area contributed by atoms with Crippen LogP contribution in [0.15, 0.2) is 237 Å². The molecule has 0 amide bonds. The summed E-state index contributed by atoms with van der Waals surface area (Å²) in [5, 5.41) is 18.8. The summed E-state index contributed by atoms with van der Waals surface area (Å²) in [4.78, 5) is 83.6. The average molecular weight is 1900 g/mol. The highest BCUT2D eigenvalue weighted by atomic mass is 35.5. The molecule has 0 fully saturated rings. The van der Waals surface area contributed by atoms with Gasteiger partial charge >= 0.3 is 0 Å². The number of carbonyl (C=O) groups excluding carboxylic acids is 5. The lowest BCUT2D eigenvalue weighted by Gasteiger charge is -2.11. The molecule has 10 aromatic rings. The largest absolute Gasteiger partial charge is 0.497 e. The molecule has 0 spiro atoms. The van der Waals surface area contributed by atoms with Crippen LogP contribution in [0, 0.1) is 46.8 Å². The van der Waals surface area contributed by atoms with E-state index in [-0.39, 0.29) is 162 Å². The van der Waals surface area contributed by atoms with Crippen LogP contribution in [0.2, 0.25) is 40.2 Å². The third-order valence-electron chi connectivity index (χ3n) is 17.7. The number of aliphatic imine (C=N–C) groups is 5. The second-order valence-electron chi connectivity index (χ2n) is 29.6. The lowest BCUT2D eigenvalue weighted by atomic mass is 10.0. The number of unbranched alkanes of at least 4 members (excludes halogenated alkanes) is 2. The predicted octanol–water partition coefficient (Wildman–Crippen LogP) is 28.7. The standard InChI is InChI=1S/2C20H22ClFN2O2.3C19H19Cl2FN2O/c1-13(2)9-20(25)19(24-18-8-7-14(21)10-17(18)22)12-23-15-5-4-6-16(11-15)26-3;1-3-4-8-20(25)19(24-18-10-9-14(21)11-17(18)22)13-23-15-6-5-7-16(12-15)26-2;2*1-12(2)9-19(25)18(11-23-15-6-3-13(20)4-7-15)24-17-8-5-14(21)10-16(17)22;1-2-3-8-19(25)18(12-23-16-7-5-4-6-14(16)21)24-17-10-9-13(20)11-15(17)22/h4-8,10-11,13,23H,9,12H2,1-3H3;5-7,9-12,23H,3-4,8,13H2,1-2H3;2*3-8,10,12,23H,9,11H2,1-2H3;4-7,9-11,23H,2-3,8,12H2,1H3. The number of benzene rings is 10. The minimum Gasteiger partial charge on any atom is -0.497 e. The second kappa shape index (κ2) is 55.9. The van der Waals surface area contributed by atoms with Gasteiger partial charge in [0.05, 0.1) is 86.1 Å². The zero-order valence-electron chi connectivity index (χ0n) is 71.8. The van der Waals surface area contributed by atoms with E-state index in [9.17, 15) is 45.9 Å². The topological polar surface area (TPSA) is 226 Å². The normalized spacial score (nSPS) is 11.5. The quantitative estimate of drug-likeness (QED) is 0.0179. The van der Waals surface area contributed by atoms with Crippen LogP contribution >= 0.6 is 92.8 Å². The summed E-state index contributed by atoms with van der Waals surface area (Å²) < 4.78 is 80.5. The van der Waals surface area contributed by atoms with Crippen molar-refractivity contribution in [2.75, 3.05) is 73.5 Å². The number of halogens is 13. The minimum absolute atomic E-state index is 0.0882. The van der Waals surface area contributed by atoms with E-state index in [2.05, 4.69) is 51.5 Å². The zero-order valence-corrected chi connectivity index (χ0v) is 77.9. The molecule has 127 heavy (non-hydrogen) atoms. The van der Waals surface area contributed by atoms with E-state index < -0.39 is 29.1 Å². The lowest BCUT2D eigenvalue weighted by Crippen LogP contribution is -2.24. The summed E-state index contributed by atoms with van der Waals surface area (Å²) in [6, 6.07) is 57.0. The fraction of sp³-hybridized carbons (Fsp3) is 0.278. The highest BCUT2D eigenvalue weighted by molar-refractivity contribution is 6.44. The Morgan fingerprint density at radius 2 is 0.567 bits per heavy atom. The number of hydrogen-bond acceptors (Lipinski definition) is 17. The van der Waals surface area contributed by atoms with Gasteiger partial charge in [0, 0.05) is 102 Å². The Hall–Kier alpha value is -10.5. The molecule has 0 aromatic heterocycles. The van der Waals surface area contributed by atoms with E-state index in [0.29, 0.717) is 64.4 Å². The van der Waals surface area contributed by atoms with E-state index in [1.54, 1.807) is 105 Å². The van der Waals surface area contributed by atoms with Crippen LogP contribution in [-0.2, 0) is 24.0 Å². The first-order valence-corrected chi connectivity index (χ1v) is 43.7. The molecule has 10 rings (SSSR count). The number of Topliss-reactive ketones (excluding diaryl/α,β-unsaturated/α-hetero) is 5. The third-order valence-corrected chi connectivity index (χ3v) is 19.7. The van der Waals surface area contributed by atoms with Gasteiger partial charge < -0.3 is 36.1 Å². The van der Waals surface area contributed by atoms with Crippen LogP contribution in [0.4, 0.5) is 78.8 Å². The number of methoxy groups -OCH3 is 2. The molecule has 0 aliphatic carbocycles. The monoisotopic (exact) mass is 1890 g/mol. The number of rotatable bonds is 39. The number of carbonyl (C=O) groups is 5. The molecule has 17 nitrogen and oxygen atoms in total. The Morgan fingerprint density at radius 3 is 0.827 bits per heavy atom. The van der Waals surface area contributed by atoms with E-state index >= 15 is 0 Å². The van der Waals surface area contributed by atoms with E-state index in [4.69, 9.17) is 102 Å². The second-order valence-corrected chi connectivity index (χ2v) is 33.1. The van der Waals surface area contributed by atoms with Crippen LogP contribution < -0.4 is 36.1 Å². The molecule has 0 atom stereocenters. The average Bonchev–Trinajstić information content (AvgIpc) is 0.844. The highest BCUT2D eigenvalue weighted by Gasteiger charge is 2.21. The van der Waals surface area contributed by atoms with Crippen molar-refractivity contribution in [1.82, 2.24) is 0 Å². The summed E-state index contributed by atoms with van der Waals surface area (Å²) in [6.45, 7) is 16.6. The van der Waals surface area contributed by atoms with Gasteiger partial charge in [-0.25, -0.2) is 46.9 Å². The van der Waals surface area contributed by atoms with Gasteiger partial charge in [-0.2, -0.15) is 0 Å². The number of ether oxygens (including phenoxy) is 2. The van der Waals surface area contributed by atoms with Crippen LogP contribution in [0.5, 0.6) is 11.5 Å². The van der Waals surface area contributed by atoms with E-state index in [0.717, 1.165) is 48.4 Å². The van der Waals surface area contributed by atoms with Crippen molar-refractivity contribution in [3.05, 3.63) is 282 Å². The van der Waals surface area contributed by atoms with Gasteiger partial charge in [0.2, 0.25) is 0 Å². The maximum Gasteiger partial charge on any atom is 0.179 e. The molecule has 0 heterocycles. The summed E-state index contributed by atoms with van der Waals surface area (Å²) in [7, 11) is 3.17. The van der Waals surface area contributed by atoms with E-state index in [1.807, 2.05) is 116 Å². The first-order chi connectivity index (χ1) is 60.6. The number of ketones is 5. The van der Waals surface area contributed by atoms with Crippen LogP contribution in [0.25, 0.3) is 0 Å². The molecule has 0 radical (unpaired) electrons. The Morgan fingerprint density at radius 1 is 0.307 bits per heavy atom. The van der Waals surface area contributed by atoms with Crippen LogP contribution in [0.1, 0.15) is 113 Å². The molecule has 0 unspecified atom stereocenters. The summed E-state index contributed by atoms with van der Waals surface area (Å²) in [5.74, 6) is -1.43. The molecule has 0 saturated heterocycles. The van der Waals surface area contributed by atoms with Gasteiger partial charge in [0.15, 0.2) is 28.9 Å². The zero-order chi connectivity index (χ0) is 93.1. The summed E-state index contributed by atoms with van der Waals surface area (Å²) in [5.41, 5.74) is 5.66. The van der Waals surface area contributed by atoms with Gasteiger partial charge in [0.25, 0.3) is 0 Å². The Balaban J connectivity index is 0.000000245. The summed E-state index contributed by atoms with van der Waals surface area (Å²) >= 11 is 46.7. The SMILES string of the molecule is CC(C)CC(=O)C(CNc1ccc(Cl)cc1)=Nc1ccc(Cl)cc1F.CC(C)CC(=O)C(CNc1ccc(Cl)cc1)=Nc1ccc(Cl)cc1F.CCCCC(=O)C(CNc1cccc(OC)c1)=Nc1ccc(Cl)cc1F.CCCCC(=O)C(CNc1ccccc1Cl)=Nc1ccc(Cl)cc1F.COc1cccc(NCC(=Nc2ccc(Cl)cc2F)C(=O)CC(C)C)c1. The molecule has 0 bridgehead atoms. The Bertz CT molecular complexity index is 5340. The highest BCUT2D eigenvalue weighted by Crippen LogP contribution is 2.30. The van der Waals surface area contributed by atoms with Gasteiger partial charge in [-0.05, 0) is 207 Å². The van der Waals surface area contributed by atoms with Gasteiger partial charge in [-0.1, -0.05) is 185 Å². The van der Waals surface area contributed by atoms with Crippen molar-refractivity contribution in [1.29, 1.82) is 0 Å². The molecular formula is C97H101Cl8F5N10O7. The fourth-order valence-corrected chi connectivity index (χ4v) is 12.4. The van der Waals surface area contributed by atoms with Crippen molar-refractivity contribution >= 4 is 207 Å². The van der Waals surface area contributed by atoms with Gasteiger partial charge in [-0.15, -0.1) is 0 Å². The first-order valence-electron chi connectivity index (χ1n) is 40.6. The van der Waals surface area contributed by atoms with Crippen LogP contribution in [-0.4, -0.2) is 104 Å². The molecular weight excluding hydrogens is 1800 g/mol. The maximum absolute atomic E-state index is 14.1. The van der Waals surface area contributed by atoms with E-state index in [1.165, 1.54) is 60.7 Å². The number of nitrogens with zero attached hydrogens (tertiary/aromatic N) is 5. The van der Waals surface area contributed by atoms with Crippen molar-refractivity contribution < 1.29 is 55.4 Å². The van der Waals surface area contributed by atoms with Crippen molar-refractivity contribution in [3.8, 4) is 11.5 Å². The molecule has 0 saturated carbocycles. The van der Waals surface area contributed by atoms with Crippen molar-refractivity contribution in [2.24, 2.45) is 42.7 Å². The Kier molecular flexibility index (Phi) is 46.4. The van der Waals surface area contributed by atoms with Crippen molar-refractivity contribution in [2.45, 2.75) is 113 Å².